The lowest BCUT2D eigenvalue weighted by Gasteiger charge is -2.32. The van der Waals surface area contributed by atoms with Crippen molar-refractivity contribution >= 4 is 24.8 Å². The van der Waals surface area contributed by atoms with E-state index in [4.69, 9.17) is 5.02 Å². The van der Waals surface area contributed by atoms with Gasteiger partial charge in [0.25, 0.3) is 0 Å². The molecule has 0 unspecified atom stereocenters. The molecule has 0 atom stereocenters. The summed E-state index contributed by atoms with van der Waals surface area (Å²) in [5.41, 5.74) is 4.01. The van der Waals surface area contributed by atoms with Crippen molar-refractivity contribution in [2.24, 2.45) is 0 Å². The van der Waals surface area contributed by atoms with Crippen LogP contribution in [0, 0.1) is 0 Å². The molecule has 1 fully saturated rings. The molecule has 0 spiro atoms. The summed E-state index contributed by atoms with van der Waals surface area (Å²) in [5, 5.41) is 12.0. The van der Waals surface area contributed by atoms with Crippen molar-refractivity contribution in [1.29, 1.82) is 0 Å². The van der Waals surface area contributed by atoms with E-state index in [1.165, 1.54) is 12.5 Å². The van der Waals surface area contributed by atoms with Crippen LogP contribution < -0.4 is 10.8 Å². The van der Waals surface area contributed by atoms with Crippen molar-refractivity contribution in [3.63, 3.8) is 0 Å². The normalized spacial score (nSPS) is 14.6. The van der Waals surface area contributed by atoms with Gasteiger partial charge in [-0.05, 0) is 35.4 Å². The summed E-state index contributed by atoms with van der Waals surface area (Å²) < 4.78 is 0. The third-order valence-corrected chi connectivity index (χ3v) is 5.27. The molecule has 1 saturated heterocycles. The van der Waals surface area contributed by atoms with E-state index in [2.05, 4.69) is 17.4 Å². The maximum atomic E-state index is 12.6. The topological polar surface area (TPSA) is 69.6 Å². The Morgan fingerprint density at radius 2 is 1.82 bits per heavy atom. The Kier molecular flexibility index (Phi) is 6.88. The molecule has 1 aliphatic heterocycles. The smallest absolute Gasteiger partial charge is 0.326 e. The van der Waals surface area contributed by atoms with Crippen molar-refractivity contribution in [2.75, 3.05) is 13.1 Å². The van der Waals surface area contributed by atoms with Crippen LogP contribution in [-0.4, -0.2) is 42.3 Å². The predicted molar refractivity (Wildman–Crippen MR) is 110 cm³/mol. The van der Waals surface area contributed by atoms with E-state index in [1.54, 1.807) is 6.07 Å². The van der Waals surface area contributed by atoms with Crippen LogP contribution in [0.3, 0.4) is 0 Å². The fourth-order valence-corrected chi connectivity index (χ4v) is 3.72. The summed E-state index contributed by atoms with van der Waals surface area (Å²) in [7, 11) is 1.06. The molecule has 2 aromatic rings. The van der Waals surface area contributed by atoms with Crippen LogP contribution in [-0.2, 0) is 22.6 Å². The molecule has 2 aromatic carbocycles. The highest BCUT2D eigenvalue weighted by Gasteiger charge is 2.24. The zero-order chi connectivity index (χ0) is 19.9. The number of hydrogen-bond acceptors (Lipinski definition) is 3. The highest BCUT2D eigenvalue weighted by molar-refractivity contribution is 6.45. The second kappa shape index (κ2) is 9.56. The maximum Gasteiger partial charge on any atom is 0.326 e. The minimum atomic E-state index is -0.0281. The van der Waals surface area contributed by atoms with Crippen molar-refractivity contribution in [3.05, 3.63) is 65.2 Å². The van der Waals surface area contributed by atoms with E-state index in [-0.39, 0.29) is 11.8 Å². The van der Waals surface area contributed by atoms with Gasteiger partial charge in [-0.3, -0.25) is 9.59 Å². The fraction of sp³-hybridized carbons (Fsp3) is 0.364. The molecule has 0 saturated carbocycles. The average Bonchev–Trinajstić information content (AvgIpc) is 2.72. The standard InChI is InChI=1S/C22H26BN2O3/c1-16(26)24-15-18-5-2-6-20(12-18)19-8-10-25(11-9-19)22(27)14-17-4-3-7-21(13-17)23-28/h2-7,12-13,19,28H,8-11,14-15H2,1H3,(H,24,26). The van der Waals surface area contributed by atoms with E-state index in [0.29, 0.717) is 24.3 Å². The van der Waals surface area contributed by atoms with Crippen molar-refractivity contribution in [3.8, 4) is 0 Å². The Morgan fingerprint density at radius 1 is 1.11 bits per heavy atom. The number of piperidine rings is 1. The van der Waals surface area contributed by atoms with Crippen molar-refractivity contribution < 1.29 is 14.6 Å². The number of nitrogens with one attached hydrogen (secondary N) is 1. The summed E-state index contributed by atoms with van der Waals surface area (Å²) in [5.74, 6) is 0.543. The van der Waals surface area contributed by atoms with Gasteiger partial charge in [0, 0.05) is 26.6 Å². The number of likely N-dealkylation sites (tertiary alicyclic amines) is 1. The lowest BCUT2D eigenvalue weighted by Crippen LogP contribution is -2.38. The summed E-state index contributed by atoms with van der Waals surface area (Å²) in [6.45, 7) is 3.58. The molecule has 1 aliphatic rings. The molecule has 0 aromatic heterocycles. The summed E-state index contributed by atoms with van der Waals surface area (Å²) >= 11 is 0. The number of benzene rings is 2. The molecular formula is C22H26BN2O3. The van der Waals surface area contributed by atoms with Gasteiger partial charge in [0.15, 0.2) is 0 Å². The minimum Gasteiger partial charge on any atom is -0.450 e. The molecule has 28 heavy (non-hydrogen) atoms. The molecule has 1 heterocycles. The van der Waals surface area contributed by atoms with Crippen LogP contribution in [0.1, 0.15) is 42.4 Å². The van der Waals surface area contributed by atoms with Gasteiger partial charge in [0.05, 0.1) is 6.42 Å². The molecule has 145 valence electrons. The second-order valence-electron chi connectivity index (χ2n) is 7.36. The molecule has 0 bridgehead atoms. The Labute approximate surface area is 167 Å². The zero-order valence-electron chi connectivity index (χ0n) is 16.2. The van der Waals surface area contributed by atoms with Crippen LogP contribution in [0.2, 0.25) is 0 Å². The van der Waals surface area contributed by atoms with Gasteiger partial charge in [0.1, 0.15) is 0 Å². The lowest BCUT2D eigenvalue weighted by atomic mass is 9.87. The van der Waals surface area contributed by atoms with Gasteiger partial charge in [-0.25, -0.2) is 0 Å². The Bertz CT molecular complexity index is 832. The molecular weight excluding hydrogens is 351 g/mol. The van der Waals surface area contributed by atoms with Crippen LogP contribution in [0.15, 0.2) is 48.5 Å². The van der Waals surface area contributed by atoms with Crippen LogP contribution in [0.5, 0.6) is 0 Å². The SMILES string of the molecule is CC(=O)NCc1cccc(C2CCN(C(=O)Cc3cccc([B]O)c3)CC2)c1. The third-order valence-electron chi connectivity index (χ3n) is 5.27. The summed E-state index contributed by atoms with van der Waals surface area (Å²) in [6, 6.07) is 15.8. The number of amides is 2. The first kappa shape index (κ1) is 20.1. The zero-order valence-corrected chi connectivity index (χ0v) is 16.2. The van der Waals surface area contributed by atoms with Crippen molar-refractivity contribution in [2.45, 2.75) is 38.6 Å². The minimum absolute atomic E-state index is 0.0281. The fourth-order valence-electron chi connectivity index (χ4n) is 3.72. The molecule has 5 nitrogen and oxygen atoms in total. The van der Waals surface area contributed by atoms with Gasteiger partial charge in [-0.1, -0.05) is 54.0 Å². The molecule has 3 rings (SSSR count). The number of hydrogen-bond donors (Lipinski definition) is 2. The van der Waals surface area contributed by atoms with E-state index in [1.807, 2.05) is 35.2 Å². The lowest BCUT2D eigenvalue weighted by molar-refractivity contribution is -0.131. The quantitative estimate of drug-likeness (QED) is 0.750. The monoisotopic (exact) mass is 377 g/mol. The molecule has 2 amide bonds. The maximum absolute atomic E-state index is 12.6. The van der Waals surface area contributed by atoms with Gasteiger partial charge in [-0.2, -0.15) is 0 Å². The van der Waals surface area contributed by atoms with Crippen molar-refractivity contribution in [1.82, 2.24) is 10.2 Å². The van der Waals surface area contributed by atoms with Crippen LogP contribution in [0.4, 0.5) is 0 Å². The van der Waals surface area contributed by atoms with E-state index >= 15 is 0 Å². The average molecular weight is 377 g/mol. The van der Waals surface area contributed by atoms with Crippen LogP contribution >= 0.6 is 0 Å². The highest BCUT2D eigenvalue weighted by atomic mass is 16.2. The van der Waals surface area contributed by atoms with Gasteiger partial charge in [-0.15, -0.1) is 0 Å². The number of nitrogens with zero attached hydrogens (tertiary/aromatic N) is 1. The predicted octanol–water partition coefficient (Wildman–Crippen LogP) is 1.51. The first-order chi connectivity index (χ1) is 13.5. The van der Waals surface area contributed by atoms with Gasteiger partial charge >= 0.3 is 7.48 Å². The van der Waals surface area contributed by atoms with E-state index < -0.39 is 0 Å². The molecule has 0 aliphatic carbocycles. The first-order valence-corrected chi connectivity index (χ1v) is 9.72. The second-order valence-corrected chi connectivity index (χ2v) is 7.36. The Hall–Kier alpha value is -2.60. The van der Waals surface area contributed by atoms with E-state index in [0.717, 1.165) is 44.5 Å². The molecule has 2 N–H and O–H groups in total. The molecule has 6 heteroatoms. The highest BCUT2D eigenvalue weighted by Crippen LogP contribution is 2.28. The largest absolute Gasteiger partial charge is 0.450 e. The first-order valence-electron chi connectivity index (χ1n) is 9.72. The number of carbonyl (C=O) groups excluding carboxylic acids is 2. The Morgan fingerprint density at radius 3 is 2.54 bits per heavy atom. The third kappa shape index (κ3) is 5.46. The summed E-state index contributed by atoms with van der Waals surface area (Å²) in [6.07, 6.45) is 2.25. The molecule has 1 radical (unpaired) electrons. The number of carbonyl (C=O) groups is 2. The number of rotatable bonds is 6. The van der Waals surface area contributed by atoms with Crippen LogP contribution in [0.25, 0.3) is 0 Å². The van der Waals surface area contributed by atoms with E-state index in [9.17, 15) is 9.59 Å². The Balaban J connectivity index is 1.54. The van der Waals surface area contributed by atoms with Gasteiger partial charge in [0.2, 0.25) is 11.8 Å². The summed E-state index contributed by atoms with van der Waals surface area (Å²) in [4.78, 5) is 25.7. The van der Waals surface area contributed by atoms with Gasteiger partial charge < -0.3 is 15.2 Å².